The van der Waals surface area contributed by atoms with Crippen molar-refractivity contribution in [1.29, 1.82) is 0 Å². The minimum atomic E-state index is 1.07. The quantitative estimate of drug-likeness (QED) is 0.591. The summed E-state index contributed by atoms with van der Waals surface area (Å²) in [5.74, 6) is 0. The fraction of sp³-hybridized carbons (Fsp3) is 0. The summed E-state index contributed by atoms with van der Waals surface area (Å²) < 4.78 is 3.24. The molecule has 0 aromatic heterocycles. The topological polar surface area (TPSA) is 0 Å². The van der Waals surface area contributed by atoms with Crippen molar-refractivity contribution in [3.05, 3.63) is 55.9 Å². The van der Waals surface area contributed by atoms with E-state index in [4.69, 9.17) is 0 Å². The molecule has 0 aliphatic rings. The average molecular weight is 391 g/mol. The third kappa shape index (κ3) is 2.52. The van der Waals surface area contributed by atoms with Crippen molar-refractivity contribution >= 4 is 47.8 Å². The summed E-state index contributed by atoms with van der Waals surface area (Å²) in [6, 6.07) is 14.4. The molecule has 0 amide bonds. The Morgan fingerprint density at radius 1 is 0.667 bits per heavy atom. The molecule has 15 heavy (non-hydrogen) atoms. The van der Waals surface area contributed by atoms with Crippen LogP contribution in [0.4, 0.5) is 0 Å². The molecular weight excluding hydrogens is 384 g/mol. The third-order valence-corrected chi connectivity index (χ3v) is 4.68. The number of rotatable bonds is 1. The predicted molar refractivity (Wildman–Crippen MR) is 75.0 cm³/mol. The number of hydrogen-bond acceptors (Lipinski definition) is 0. The Bertz CT molecular complexity index is 492. The Labute approximate surface area is 114 Å². The first kappa shape index (κ1) is 11.4. The van der Waals surface area contributed by atoms with Crippen LogP contribution in [-0.2, 0) is 0 Å². The first-order chi connectivity index (χ1) is 7.18. The molecule has 0 saturated carbocycles. The van der Waals surface area contributed by atoms with Gasteiger partial charge in [-0.2, -0.15) is 0 Å². The summed E-state index contributed by atoms with van der Waals surface area (Å²) in [5.41, 5.74) is 2.39. The molecule has 0 N–H and O–H groups in total. The average Bonchev–Trinajstić information content (AvgIpc) is 2.23. The van der Waals surface area contributed by atoms with E-state index in [0.29, 0.717) is 0 Å². The molecule has 0 aliphatic carbocycles. The van der Waals surface area contributed by atoms with E-state index in [1.165, 1.54) is 11.1 Å². The van der Waals surface area contributed by atoms with Crippen LogP contribution < -0.4 is 0 Å². The molecular formula is C12H7Br3. The van der Waals surface area contributed by atoms with E-state index in [-0.39, 0.29) is 0 Å². The van der Waals surface area contributed by atoms with Crippen LogP contribution in [0.5, 0.6) is 0 Å². The van der Waals surface area contributed by atoms with Gasteiger partial charge >= 0.3 is 0 Å². The molecule has 2 rings (SSSR count). The Kier molecular flexibility index (Phi) is 3.65. The zero-order chi connectivity index (χ0) is 10.8. The fourth-order valence-corrected chi connectivity index (χ4v) is 2.50. The van der Waals surface area contributed by atoms with Crippen molar-refractivity contribution in [2.45, 2.75) is 0 Å². The molecule has 0 nitrogen and oxygen atoms in total. The molecule has 0 bridgehead atoms. The molecule has 2 aromatic rings. The summed E-state index contributed by atoms with van der Waals surface area (Å²) in [4.78, 5) is 0. The van der Waals surface area contributed by atoms with Crippen LogP contribution in [0.2, 0.25) is 0 Å². The zero-order valence-electron chi connectivity index (χ0n) is 7.68. The van der Waals surface area contributed by atoms with E-state index in [9.17, 15) is 0 Å². The summed E-state index contributed by atoms with van der Waals surface area (Å²) in [6.07, 6.45) is 0. The Balaban J connectivity index is 2.55. The molecule has 0 radical (unpaired) electrons. The first-order valence-corrected chi connectivity index (χ1v) is 6.76. The monoisotopic (exact) mass is 388 g/mol. The van der Waals surface area contributed by atoms with Gasteiger partial charge in [0.1, 0.15) is 0 Å². The van der Waals surface area contributed by atoms with Crippen molar-refractivity contribution in [3.8, 4) is 11.1 Å². The van der Waals surface area contributed by atoms with Crippen LogP contribution in [0.1, 0.15) is 0 Å². The maximum atomic E-state index is 3.55. The van der Waals surface area contributed by atoms with Gasteiger partial charge in [-0.1, -0.05) is 40.2 Å². The molecule has 76 valence electrons. The van der Waals surface area contributed by atoms with Gasteiger partial charge in [0.25, 0.3) is 0 Å². The maximum absolute atomic E-state index is 3.55. The van der Waals surface area contributed by atoms with Gasteiger partial charge in [0.15, 0.2) is 0 Å². The van der Waals surface area contributed by atoms with Gasteiger partial charge in [-0.05, 0) is 61.2 Å². The highest BCUT2D eigenvalue weighted by molar-refractivity contribution is 9.13. The molecule has 0 heterocycles. The lowest BCUT2D eigenvalue weighted by Gasteiger charge is -2.05. The zero-order valence-corrected chi connectivity index (χ0v) is 12.4. The molecule has 3 heteroatoms. The van der Waals surface area contributed by atoms with Crippen molar-refractivity contribution in [2.24, 2.45) is 0 Å². The maximum Gasteiger partial charge on any atom is 0.0323 e. The van der Waals surface area contributed by atoms with Gasteiger partial charge in [0.05, 0.1) is 0 Å². The fourth-order valence-electron chi connectivity index (χ4n) is 1.36. The second kappa shape index (κ2) is 4.81. The largest absolute Gasteiger partial charge is 0.0616 e. The minimum Gasteiger partial charge on any atom is -0.0616 e. The predicted octanol–water partition coefficient (Wildman–Crippen LogP) is 5.64. The number of benzene rings is 2. The van der Waals surface area contributed by atoms with Crippen molar-refractivity contribution in [1.82, 2.24) is 0 Å². The smallest absolute Gasteiger partial charge is 0.0323 e. The van der Waals surface area contributed by atoms with Crippen LogP contribution in [0.15, 0.2) is 55.9 Å². The van der Waals surface area contributed by atoms with E-state index in [1.54, 1.807) is 0 Å². The van der Waals surface area contributed by atoms with Crippen LogP contribution >= 0.6 is 47.8 Å². The molecule has 0 aliphatic heterocycles. The second-order valence-electron chi connectivity index (χ2n) is 3.11. The highest BCUT2D eigenvalue weighted by Gasteiger charge is 2.04. The molecule has 0 atom stereocenters. The third-order valence-electron chi connectivity index (χ3n) is 2.10. The summed E-state index contributed by atoms with van der Waals surface area (Å²) in [5, 5.41) is 0. The lowest BCUT2D eigenvalue weighted by Crippen LogP contribution is -1.80. The van der Waals surface area contributed by atoms with Gasteiger partial charge in [-0.3, -0.25) is 0 Å². The lowest BCUT2D eigenvalue weighted by atomic mass is 10.1. The number of hydrogen-bond donors (Lipinski definition) is 0. The second-order valence-corrected chi connectivity index (χ2v) is 5.67. The molecule has 0 unspecified atom stereocenters. The normalized spacial score (nSPS) is 10.3. The van der Waals surface area contributed by atoms with Gasteiger partial charge in [-0.25, -0.2) is 0 Å². The Morgan fingerprint density at radius 3 is 2.07 bits per heavy atom. The molecule has 0 fully saturated rings. The highest BCUT2D eigenvalue weighted by atomic mass is 79.9. The van der Waals surface area contributed by atoms with Crippen LogP contribution in [0, 0.1) is 0 Å². The van der Waals surface area contributed by atoms with E-state index in [0.717, 1.165) is 13.4 Å². The van der Waals surface area contributed by atoms with Gasteiger partial charge in [0, 0.05) is 13.4 Å². The Morgan fingerprint density at radius 2 is 1.40 bits per heavy atom. The summed E-state index contributed by atoms with van der Waals surface area (Å²) >= 11 is 10.5. The van der Waals surface area contributed by atoms with Crippen LogP contribution in [0.25, 0.3) is 11.1 Å². The van der Waals surface area contributed by atoms with E-state index >= 15 is 0 Å². The van der Waals surface area contributed by atoms with Crippen LogP contribution in [0.3, 0.4) is 0 Å². The molecule has 0 saturated heterocycles. The first-order valence-electron chi connectivity index (χ1n) is 4.38. The highest BCUT2D eigenvalue weighted by Crippen LogP contribution is 2.32. The number of halogens is 3. The van der Waals surface area contributed by atoms with Crippen LogP contribution in [-0.4, -0.2) is 0 Å². The van der Waals surface area contributed by atoms with E-state index < -0.39 is 0 Å². The molecule has 2 aromatic carbocycles. The summed E-state index contributed by atoms with van der Waals surface area (Å²) in [6.45, 7) is 0. The van der Waals surface area contributed by atoms with Gasteiger partial charge in [-0.15, -0.1) is 0 Å². The van der Waals surface area contributed by atoms with Crippen molar-refractivity contribution in [3.63, 3.8) is 0 Å². The standard InChI is InChI=1S/C12H7Br3/c13-10-4-2-1-3-9(10)8-5-6-11(14)12(15)7-8/h1-7H. The van der Waals surface area contributed by atoms with Gasteiger partial charge < -0.3 is 0 Å². The van der Waals surface area contributed by atoms with Crippen molar-refractivity contribution in [2.75, 3.05) is 0 Å². The van der Waals surface area contributed by atoms with Gasteiger partial charge in [0.2, 0.25) is 0 Å². The SMILES string of the molecule is Brc1ccc(-c2ccccc2Br)cc1Br. The van der Waals surface area contributed by atoms with Crippen molar-refractivity contribution < 1.29 is 0 Å². The van der Waals surface area contributed by atoms with E-state index in [2.05, 4.69) is 66.0 Å². The minimum absolute atomic E-state index is 1.07. The molecule has 0 spiro atoms. The lowest BCUT2D eigenvalue weighted by molar-refractivity contribution is 1.54. The van der Waals surface area contributed by atoms with E-state index in [1.807, 2.05) is 24.3 Å². The summed E-state index contributed by atoms with van der Waals surface area (Å²) in [7, 11) is 0. The Hall–Kier alpha value is -0.120.